The van der Waals surface area contributed by atoms with E-state index in [-0.39, 0.29) is 13.4 Å². The minimum atomic E-state index is -2.10. The highest BCUT2D eigenvalue weighted by Crippen LogP contribution is 2.83. The lowest BCUT2D eigenvalue weighted by Gasteiger charge is -2.55. The summed E-state index contributed by atoms with van der Waals surface area (Å²) in [6.45, 7) is 0.00372. The third kappa shape index (κ3) is 4.99. The zero-order valence-corrected chi connectivity index (χ0v) is 38.0. The largest absolute Gasteiger partial charge is 0.458 e. The molecule has 69 heavy (non-hydrogen) atoms. The van der Waals surface area contributed by atoms with Crippen molar-refractivity contribution in [2.24, 2.45) is 0 Å². The van der Waals surface area contributed by atoms with Crippen molar-refractivity contribution in [1.82, 2.24) is 0 Å². The van der Waals surface area contributed by atoms with Crippen LogP contribution in [-0.4, -0.2) is 13.4 Å². The quantitative estimate of drug-likeness (QED) is 0.161. The molecule has 0 aromatic heterocycles. The number of hydrogen-bond acceptors (Lipinski definition) is 6. The Balaban J connectivity index is 0.908. The Bertz CT molecular complexity index is 3640. The molecule has 0 bridgehead atoms. The van der Waals surface area contributed by atoms with Gasteiger partial charge in [0, 0.05) is 60.5 Å². The average molecular weight is 905 g/mol. The van der Waals surface area contributed by atoms with Gasteiger partial charge in [0.1, 0.15) is 46.0 Å². The molecule has 6 aliphatic heterocycles. The second-order valence-electron chi connectivity index (χ2n) is 18.6. The van der Waals surface area contributed by atoms with Crippen LogP contribution in [-0.2, 0) is 0 Å². The van der Waals surface area contributed by atoms with Crippen LogP contribution in [0.4, 0.5) is 28.4 Å². The summed E-state index contributed by atoms with van der Waals surface area (Å²) in [7, 11) is -2.10. The van der Waals surface area contributed by atoms with Crippen molar-refractivity contribution in [1.29, 1.82) is 0 Å². The van der Waals surface area contributed by atoms with Gasteiger partial charge >= 0.3 is 0 Å². The number of para-hydroxylation sites is 7. The Morgan fingerprint density at radius 3 is 1.14 bits per heavy atom. The number of fused-ring (bicyclic) bond motifs is 15. The van der Waals surface area contributed by atoms with Gasteiger partial charge in [-0.2, -0.15) is 0 Å². The van der Waals surface area contributed by atoms with E-state index in [1.165, 1.54) is 31.0 Å². The molecule has 324 valence electrons. The Kier molecular flexibility index (Phi) is 7.62. The summed E-state index contributed by atoms with van der Waals surface area (Å²) in [5.74, 6) is 6.81. The maximum atomic E-state index is 6.89. The van der Waals surface area contributed by atoms with Crippen LogP contribution in [0.25, 0.3) is 0 Å². The molecule has 9 aromatic rings. The maximum absolute atomic E-state index is 6.89. The van der Waals surface area contributed by atoms with Crippen LogP contribution in [0.3, 0.4) is 0 Å². The Morgan fingerprint density at radius 2 is 0.725 bits per heavy atom. The normalized spacial score (nSPS) is 16.5. The van der Waals surface area contributed by atoms with E-state index in [2.05, 4.69) is 216 Å². The molecule has 9 heteroatoms. The van der Waals surface area contributed by atoms with Crippen molar-refractivity contribution in [3.63, 3.8) is 0 Å². The Labute approximate surface area is 401 Å². The summed E-state index contributed by atoms with van der Waals surface area (Å²) >= 11 is 0. The number of anilines is 5. The van der Waals surface area contributed by atoms with E-state index in [4.69, 9.17) is 18.9 Å². The molecule has 9 aromatic carbocycles. The lowest BCUT2D eigenvalue weighted by molar-refractivity contribution is 0.464. The van der Waals surface area contributed by atoms with Gasteiger partial charge < -0.3 is 28.7 Å². The molecule has 0 amide bonds. The highest BCUT2D eigenvalue weighted by atomic mass is 32.3. The van der Waals surface area contributed by atoms with Crippen LogP contribution in [0.15, 0.2) is 232 Å². The first-order valence-electron chi connectivity index (χ1n) is 23.8. The first-order chi connectivity index (χ1) is 34.2. The third-order valence-electron chi connectivity index (χ3n) is 15.1. The van der Waals surface area contributed by atoms with Crippen molar-refractivity contribution in [3.8, 4) is 46.0 Å². The molecule has 0 saturated carbocycles. The summed E-state index contributed by atoms with van der Waals surface area (Å²) in [5.41, 5.74) is 13.5. The molecule has 0 fully saturated rings. The molecule has 16 rings (SSSR count). The lowest BCUT2D eigenvalue weighted by atomic mass is 9.35. The molecule has 0 N–H and O–H groups in total. The molecule has 1 spiro atoms. The SMILES string of the molecule is C1=CC2=C(CC1)N(c1cc3c4c(c1)Oc1ccccc1B4c1ccccc1O3)c1ccccc1S21c2ccccc2N(c2cc3c4c(c2)Oc2ccccc2B4c2ccccc2O3)c2ccccc21. The molecular weight excluding hydrogens is 866 g/mol. The van der Waals surface area contributed by atoms with Gasteiger partial charge in [-0.3, -0.25) is 0 Å². The molecule has 1 aliphatic carbocycles. The van der Waals surface area contributed by atoms with Gasteiger partial charge in [0.25, 0.3) is 13.4 Å². The molecule has 0 saturated heterocycles. The highest BCUT2D eigenvalue weighted by Gasteiger charge is 2.50. The number of allylic oxidation sites excluding steroid dienone is 3. The van der Waals surface area contributed by atoms with E-state index < -0.39 is 10.0 Å². The second-order valence-corrected chi connectivity index (χ2v) is 21.6. The van der Waals surface area contributed by atoms with Gasteiger partial charge in [-0.25, -0.2) is 0 Å². The van der Waals surface area contributed by atoms with Crippen LogP contribution in [0.5, 0.6) is 46.0 Å². The second kappa shape index (κ2) is 13.9. The predicted octanol–water partition coefficient (Wildman–Crippen LogP) is 11.9. The van der Waals surface area contributed by atoms with Crippen molar-refractivity contribution in [2.75, 3.05) is 9.80 Å². The summed E-state index contributed by atoms with van der Waals surface area (Å²) in [6, 6.07) is 70.0. The molecule has 6 heterocycles. The first kappa shape index (κ1) is 37.8. The average Bonchev–Trinajstić information content (AvgIpc) is 3.40. The Hall–Kier alpha value is -8.26. The molecule has 0 atom stereocenters. The topological polar surface area (TPSA) is 43.4 Å². The summed E-state index contributed by atoms with van der Waals surface area (Å²) in [6.07, 6.45) is 6.63. The smallest absolute Gasteiger partial charge is 0.260 e. The van der Waals surface area contributed by atoms with Crippen molar-refractivity contribution in [3.05, 3.63) is 217 Å². The van der Waals surface area contributed by atoms with Crippen LogP contribution < -0.4 is 61.5 Å². The van der Waals surface area contributed by atoms with Crippen LogP contribution in [0, 0.1) is 0 Å². The van der Waals surface area contributed by atoms with E-state index in [1.54, 1.807) is 0 Å². The molecule has 0 unspecified atom stereocenters. The minimum absolute atomic E-state index is 0.00192. The van der Waals surface area contributed by atoms with E-state index >= 15 is 0 Å². The van der Waals surface area contributed by atoms with Crippen LogP contribution >= 0.6 is 10.0 Å². The van der Waals surface area contributed by atoms with Gasteiger partial charge in [-0.1, -0.05) is 121 Å². The fraction of sp³-hybridized carbons (Fsp3) is 0.0333. The maximum Gasteiger partial charge on any atom is 0.260 e. The standard InChI is InChI=1S/C60H38B2N2O4S/c1-9-25-47-39(17-1)61-40-18-2-10-26-48(40)66-52-34-37(33-51(65-47)59(52)61)63-43-21-5-13-29-55(43)69(56-30-14-6-22-44(56)63)57-31-15-7-23-45(57)64(46-24-8-16-32-58(46)69)38-35-53-60-54(36-38)68-50-28-12-4-20-42(50)62(60)41-19-3-11-27-49(41)67-53/h1-7,9-23,25-36H,8,24H2. The number of hydrogen-bond donors (Lipinski definition) is 0. The van der Waals surface area contributed by atoms with Crippen LogP contribution in [0.2, 0.25) is 0 Å². The molecule has 0 radical (unpaired) electrons. The van der Waals surface area contributed by atoms with Gasteiger partial charge in [0.05, 0.1) is 28.4 Å². The van der Waals surface area contributed by atoms with Gasteiger partial charge in [-0.05, 0) is 95.4 Å². The van der Waals surface area contributed by atoms with Crippen molar-refractivity contribution >= 4 is 84.7 Å². The van der Waals surface area contributed by atoms with Crippen LogP contribution in [0.1, 0.15) is 12.8 Å². The minimum Gasteiger partial charge on any atom is -0.458 e. The zero-order valence-electron chi connectivity index (χ0n) is 37.1. The van der Waals surface area contributed by atoms with E-state index in [0.717, 1.165) is 114 Å². The summed E-state index contributed by atoms with van der Waals surface area (Å²) in [5, 5.41) is 0. The van der Waals surface area contributed by atoms with E-state index in [0.29, 0.717) is 0 Å². The fourth-order valence-corrected chi connectivity index (χ4v) is 16.9. The van der Waals surface area contributed by atoms with E-state index in [1.807, 2.05) is 0 Å². The zero-order chi connectivity index (χ0) is 45.0. The van der Waals surface area contributed by atoms with Gasteiger partial charge in [0.2, 0.25) is 0 Å². The predicted molar refractivity (Wildman–Crippen MR) is 279 cm³/mol. The van der Waals surface area contributed by atoms with Crippen molar-refractivity contribution < 1.29 is 18.9 Å². The summed E-state index contributed by atoms with van der Waals surface area (Å²) in [4.78, 5) is 10.2. The molecular formula is C60H38B2N2O4S. The fourth-order valence-electron chi connectivity index (χ4n) is 12.4. The number of rotatable bonds is 2. The number of benzene rings is 9. The Morgan fingerprint density at radius 1 is 0.377 bits per heavy atom. The molecule has 6 nitrogen and oxygen atoms in total. The lowest BCUT2D eigenvalue weighted by Crippen LogP contribution is -2.57. The summed E-state index contributed by atoms with van der Waals surface area (Å²) < 4.78 is 27.5. The van der Waals surface area contributed by atoms with Gasteiger partial charge in [-0.15, -0.1) is 10.0 Å². The highest BCUT2D eigenvalue weighted by molar-refractivity contribution is 8.37. The first-order valence-corrected chi connectivity index (χ1v) is 25.4. The monoisotopic (exact) mass is 904 g/mol. The molecule has 7 aliphatic rings. The van der Waals surface area contributed by atoms with Gasteiger partial charge in [0.15, 0.2) is 0 Å². The van der Waals surface area contributed by atoms with E-state index in [9.17, 15) is 0 Å². The number of nitrogens with zero attached hydrogens (tertiary/aromatic N) is 2. The number of ether oxygens (including phenoxy) is 4. The van der Waals surface area contributed by atoms with Crippen molar-refractivity contribution in [2.45, 2.75) is 27.5 Å². The third-order valence-corrected chi connectivity index (χ3v) is 19.1.